The first kappa shape index (κ1) is 20.4. The van der Waals surface area contributed by atoms with E-state index in [4.69, 9.17) is 4.74 Å². The SMILES string of the molecule is COc1ccccc1CNc1cc(C(=O)N(Cc2ccccc2)C(C)C)ccn1. The highest BCUT2D eigenvalue weighted by atomic mass is 16.5. The summed E-state index contributed by atoms with van der Waals surface area (Å²) in [6, 6.07) is 21.5. The van der Waals surface area contributed by atoms with Crippen molar-refractivity contribution in [3.63, 3.8) is 0 Å². The molecule has 2 aromatic carbocycles. The van der Waals surface area contributed by atoms with Gasteiger partial charge in [0.2, 0.25) is 0 Å². The predicted octanol–water partition coefficient (Wildman–Crippen LogP) is 4.75. The van der Waals surface area contributed by atoms with E-state index in [0.717, 1.165) is 16.9 Å². The minimum atomic E-state index is -0.00778. The number of nitrogens with one attached hydrogen (secondary N) is 1. The number of pyridine rings is 1. The van der Waals surface area contributed by atoms with Gasteiger partial charge in [0.15, 0.2) is 0 Å². The molecule has 0 saturated carbocycles. The highest BCUT2D eigenvalue weighted by Gasteiger charge is 2.19. The van der Waals surface area contributed by atoms with Gasteiger partial charge in [-0.05, 0) is 37.6 Å². The van der Waals surface area contributed by atoms with Crippen molar-refractivity contribution in [2.24, 2.45) is 0 Å². The molecule has 1 aromatic heterocycles. The van der Waals surface area contributed by atoms with Gasteiger partial charge in [-0.25, -0.2) is 4.98 Å². The van der Waals surface area contributed by atoms with Crippen LogP contribution in [0.4, 0.5) is 5.82 Å². The van der Waals surface area contributed by atoms with E-state index in [9.17, 15) is 4.79 Å². The van der Waals surface area contributed by atoms with Crippen LogP contribution in [0.2, 0.25) is 0 Å². The fourth-order valence-corrected chi connectivity index (χ4v) is 3.13. The maximum absolute atomic E-state index is 13.2. The summed E-state index contributed by atoms with van der Waals surface area (Å²) >= 11 is 0. The lowest BCUT2D eigenvalue weighted by molar-refractivity contribution is 0.0690. The second-order valence-corrected chi connectivity index (χ2v) is 7.11. The minimum absolute atomic E-state index is 0.00778. The van der Waals surface area contributed by atoms with Crippen molar-refractivity contribution < 1.29 is 9.53 Å². The zero-order valence-electron chi connectivity index (χ0n) is 17.1. The summed E-state index contributed by atoms with van der Waals surface area (Å²) in [5.41, 5.74) is 2.76. The zero-order chi connectivity index (χ0) is 20.6. The van der Waals surface area contributed by atoms with Crippen LogP contribution in [-0.2, 0) is 13.1 Å². The fraction of sp³-hybridized carbons (Fsp3) is 0.250. The Labute approximate surface area is 172 Å². The molecule has 5 nitrogen and oxygen atoms in total. The number of para-hydroxylation sites is 1. The van der Waals surface area contributed by atoms with Gasteiger partial charge in [-0.1, -0.05) is 48.5 Å². The van der Waals surface area contributed by atoms with Crippen LogP contribution in [0.25, 0.3) is 0 Å². The highest BCUT2D eigenvalue weighted by molar-refractivity contribution is 5.95. The predicted molar refractivity (Wildman–Crippen MR) is 116 cm³/mol. The molecule has 0 aliphatic rings. The smallest absolute Gasteiger partial charge is 0.254 e. The van der Waals surface area contributed by atoms with E-state index >= 15 is 0 Å². The molecule has 0 fully saturated rings. The molecule has 3 rings (SSSR count). The molecule has 3 aromatic rings. The topological polar surface area (TPSA) is 54.5 Å². The summed E-state index contributed by atoms with van der Waals surface area (Å²) in [6.45, 7) is 5.20. The number of benzene rings is 2. The van der Waals surface area contributed by atoms with E-state index in [1.165, 1.54) is 0 Å². The van der Waals surface area contributed by atoms with Gasteiger partial charge in [0.05, 0.1) is 7.11 Å². The quantitative estimate of drug-likeness (QED) is 0.604. The van der Waals surface area contributed by atoms with Crippen LogP contribution in [0.1, 0.15) is 35.3 Å². The normalized spacial score (nSPS) is 10.6. The third-order valence-corrected chi connectivity index (χ3v) is 4.74. The summed E-state index contributed by atoms with van der Waals surface area (Å²) < 4.78 is 5.39. The van der Waals surface area contributed by atoms with Crippen LogP contribution in [0, 0.1) is 0 Å². The molecule has 5 heteroatoms. The number of carbonyl (C=O) groups is 1. The Morgan fingerprint density at radius 2 is 1.79 bits per heavy atom. The van der Waals surface area contributed by atoms with Crippen LogP contribution >= 0.6 is 0 Å². The first-order valence-corrected chi connectivity index (χ1v) is 9.75. The second kappa shape index (κ2) is 9.73. The third-order valence-electron chi connectivity index (χ3n) is 4.74. The van der Waals surface area contributed by atoms with Gasteiger partial charge >= 0.3 is 0 Å². The number of hydrogen-bond donors (Lipinski definition) is 1. The van der Waals surface area contributed by atoms with Crippen molar-refractivity contribution in [3.8, 4) is 5.75 Å². The van der Waals surface area contributed by atoms with Gasteiger partial charge in [0, 0.05) is 36.5 Å². The van der Waals surface area contributed by atoms with E-state index in [1.807, 2.05) is 73.3 Å². The van der Waals surface area contributed by atoms with Crippen molar-refractivity contribution in [1.82, 2.24) is 9.88 Å². The van der Waals surface area contributed by atoms with E-state index < -0.39 is 0 Å². The molecule has 1 heterocycles. The number of nitrogens with zero attached hydrogens (tertiary/aromatic N) is 2. The largest absolute Gasteiger partial charge is 0.496 e. The van der Waals surface area contributed by atoms with Crippen LogP contribution in [0.3, 0.4) is 0 Å². The molecule has 0 bridgehead atoms. The van der Waals surface area contributed by atoms with Crippen LogP contribution in [0.5, 0.6) is 5.75 Å². The number of carbonyl (C=O) groups excluding carboxylic acids is 1. The van der Waals surface area contributed by atoms with Gasteiger partial charge in [-0.3, -0.25) is 4.79 Å². The molecule has 150 valence electrons. The molecular formula is C24H27N3O2. The maximum Gasteiger partial charge on any atom is 0.254 e. The molecule has 0 atom stereocenters. The van der Waals surface area contributed by atoms with E-state index in [1.54, 1.807) is 25.4 Å². The molecule has 29 heavy (non-hydrogen) atoms. The van der Waals surface area contributed by atoms with Crippen molar-refractivity contribution >= 4 is 11.7 Å². The Hall–Kier alpha value is -3.34. The van der Waals surface area contributed by atoms with Crippen LogP contribution < -0.4 is 10.1 Å². The van der Waals surface area contributed by atoms with Crippen molar-refractivity contribution in [1.29, 1.82) is 0 Å². The van der Waals surface area contributed by atoms with Crippen LogP contribution in [0.15, 0.2) is 72.9 Å². The number of hydrogen-bond acceptors (Lipinski definition) is 4. The first-order valence-electron chi connectivity index (χ1n) is 9.75. The maximum atomic E-state index is 13.2. The Kier molecular flexibility index (Phi) is 6.85. The monoisotopic (exact) mass is 389 g/mol. The first-order chi connectivity index (χ1) is 14.1. The lowest BCUT2D eigenvalue weighted by Crippen LogP contribution is -2.36. The fourth-order valence-electron chi connectivity index (χ4n) is 3.13. The van der Waals surface area contributed by atoms with Crippen molar-refractivity contribution in [2.75, 3.05) is 12.4 Å². The number of rotatable bonds is 8. The van der Waals surface area contributed by atoms with Crippen molar-refractivity contribution in [2.45, 2.75) is 33.0 Å². The molecule has 1 N–H and O–H groups in total. The Balaban J connectivity index is 1.73. The van der Waals surface area contributed by atoms with E-state index in [-0.39, 0.29) is 11.9 Å². The van der Waals surface area contributed by atoms with Gasteiger partial charge in [-0.2, -0.15) is 0 Å². The van der Waals surface area contributed by atoms with Gasteiger partial charge in [-0.15, -0.1) is 0 Å². The molecule has 0 aliphatic heterocycles. The number of methoxy groups -OCH3 is 1. The van der Waals surface area contributed by atoms with E-state index in [0.29, 0.717) is 24.5 Å². The van der Waals surface area contributed by atoms with Crippen LogP contribution in [-0.4, -0.2) is 28.9 Å². The molecule has 0 radical (unpaired) electrons. The average Bonchev–Trinajstić information content (AvgIpc) is 2.76. The lowest BCUT2D eigenvalue weighted by Gasteiger charge is -2.27. The van der Waals surface area contributed by atoms with E-state index in [2.05, 4.69) is 10.3 Å². The molecule has 0 aliphatic carbocycles. The zero-order valence-corrected chi connectivity index (χ0v) is 17.1. The molecule has 0 unspecified atom stereocenters. The second-order valence-electron chi connectivity index (χ2n) is 7.11. The number of anilines is 1. The Bertz CT molecular complexity index is 942. The third kappa shape index (κ3) is 5.35. The summed E-state index contributed by atoms with van der Waals surface area (Å²) in [5, 5.41) is 3.29. The van der Waals surface area contributed by atoms with Crippen molar-refractivity contribution in [3.05, 3.63) is 89.6 Å². The standard InChI is InChI=1S/C24H27N3O2/c1-18(2)27(17-19-9-5-4-6-10-19)24(28)20-13-14-25-23(15-20)26-16-21-11-7-8-12-22(21)29-3/h4-15,18H,16-17H2,1-3H3,(H,25,26). The Morgan fingerprint density at radius 3 is 2.52 bits per heavy atom. The molecule has 0 spiro atoms. The van der Waals surface area contributed by atoms with Gasteiger partial charge < -0.3 is 15.0 Å². The summed E-state index contributed by atoms with van der Waals surface area (Å²) in [7, 11) is 1.66. The Morgan fingerprint density at radius 1 is 1.07 bits per heavy atom. The molecule has 1 amide bonds. The number of ether oxygens (including phenoxy) is 1. The lowest BCUT2D eigenvalue weighted by atomic mass is 10.1. The summed E-state index contributed by atoms with van der Waals surface area (Å²) in [5.74, 6) is 1.47. The highest BCUT2D eigenvalue weighted by Crippen LogP contribution is 2.19. The minimum Gasteiger partial charge on any atom is -0.496 e. The summed E-state index contributed by atoms with van der Waals surface area (Å²) in [4.78, 5) is 19.4. The molecule has 0 saturated heterocycles. The average molecular weight is 389 g/mol. The van der Waals surface area contributed by atoms with Gasteiger partial charge in [0.25, 0.3) is 5.91 Å². The number of aromatic nitrogens is 1. The summed E-state index contributed by atoms with van der Waals surface area (Å²) in [6.07, 6.45) is 1.67. The number of amides is 1. The van der Waals surface area contributed by atoms with Gasteiger partial charge in [0.1, 0.15) is 11.6 Å². The molecular weight excluding hydrogens is 362 g/mol.